The third-order valence-corrected chi connectivity index (χ3v) is 10.8. The Morgan fingerprint density at radius 3 is 2.11 bits per heavy atom. The van der Waals surface area contributed by atoms with Crippen molar-refractivity contribution < 1.29 is 22.7 Å². The predicted octanol–water partition coefficient (Wildman–Crippen LogP) is 6.74. The average molecular weight is 719 g/mol. The van der Waals surface area contributed by atoms with Crippen LogP contribution in [0.3, 0.4) is 0 Å². The summed E-state index contributed by atoms with van der Waals surface area (Å²) >= 11 is 3.48. The summed E-state index contributed by atoms with van der Waals surface area (Å²) in [6.45, 7) is -0.441. The Balaban J connectivity index is 1.57. The topological polar surface area (TPSA) is 96.0 Å². The molecule has 1 N–H and O–H groups in total. The molecule has 2 amide bonds. The summed E-state index contributed by atoms with van der Waals surface area (Å²) < 4.78 is 36.0. The first-order chi connectivity index (χ1) is 22.8. The molecule has 1 fully saturated rings. The number of nitrogens with one attached hydrogen (secondary N) is 1. The van der Waals surface area contributed by atoms with E-state index in [4.69, 9.17) is 4.74 Å². The lowest BCUT2D eigenvalue weighted by Crippen LogP contribution is -2.55. The molecule has 1 aliphatic rings. The third-order valence-electron chi connectivity index (χ3n) is 8.45. The van der Waals surface area contributed by atoms with E-state index in [1.165, 1.54) is 24.1 Å². The van der Waals surface area contributed by atoms with Gasteiger partial charge in [-0.15, -0.1) is 0 Å². The summed E-state index contributed by atoms with van der Waals surface area (Å²) in [4.78, 5) is 30.5. The molecule has 0 unspecified atom stereocenters. The molecule has 0 bridgehead atoms. The molecular formula is C37H40BrN3O5S. The number of hydrogen-bond donors (Lipinski definition) is 1. The van der Waals surface area contributed by atoms with E-state index in [0.717, 1.165) is 52.0 Å². The monoisotopic (exact) mass is 717 g/mol. The molecule has 0 spiro atoms. The van der Waals surface area contributed by atoms with Crippen molar-refractivity contribution in [2.24, 2.45) is 0 Å². The predicted molar refractivity (Wildman–Crippen MR) is 188 cm³/mol. The molecule has 47 heavy (non-hydrogen) atoms. The standard InChI is InChI=1S/C37H40BrN3O5S/c1-46-35-20-12-11-19-33(35)41(47(44,45)32-17-9-4-10-18-32)27-36(42)40(26-29-21-23-30(38)24-22-29)34(25-28-13-5-2-6-14-28)37(43)39-31-15-7-3-8-16-31/h2,4-6,9-14,17-24,31,34H,3,7-8,15-16,25-27H2,1H3,(H,39,43)/t34-/m0/s1. The lowest BCUT2D eigenvalue weighted by molar-refractivity contribution is -0.140. The summed E-state index contributed by atoms with van der Waals surface area (Å²) in [5.41, 5.74) is 1.92. The van der Waals surface area contributed by atoms with Crippen molar-refractivity contribution >= 4 is 43.5 Å². The van der Waals surface area contributed by atoms with Crippen molar-refractivity contribution in [1.29, 1.82) is 0 Å². The van der Waals surface area contributed by atoms with Crippen LogP contribution >= 0.6 is 15.9 Å². The molecule has 4 aromatic carbocycles. The van der Waals surface area contributed by atoms with E-state index >= 15 is 0 Å². The zero-order valence-corrected chi connectivity index (χ0v) is 28.8. The van der Waals surface area contributed by atoms with Crippen LogP contribution in [0.15, 0.2) is 119 Å². The Hall–Kier alpha value is -4.15. The number of methoxy groups -OCH3 is 1. The van der Waals surface area contributed by atoms with Crippen LogP contribution in [0.5, 0.6) is 5.75 Å². The lowest BCUT2D eigenvalue weighted by atomic mass is 9.94. The number of amides is 2. The molecule has 1 aliphatic carbocycles. The van der Waals surface area contributed by atoms with Gasteiger partial charge in [0.2, 0.25) is 11.8 Å². The number of sulfonamides is 1. The van der Waals surface area contributed by atoms with Gasteiger partial charge in [-0.3, -0.25) is 13.9 Å². The minimum atomic E-state index is -4.22. The van der Waals surface area contributed by atoms with Gasteiger partial charge in [-0.05, 0) is 60.4 Å². The highest BCUT2D eigenvalue weighted by Crippen LogP contribution is 2.33. The number of hydrogen-bond acceptors (Lipinski definition) is 5. The Labute approximate surface area is 285 Å². The SMILES string of the molecule is COc1ccccc1N(CC(=O)N(Cc1ccc(Br)cc1)[C@@H](Cc1ccccc1)C(=O)NC1CCCCC1)S(=O)(=O)c1ccccc1. The van der Waals surface area contributed by atoms with Gasteiger partial charge in [0, 0.05) is 23.5 Å². The van der Waals surface area contributed by atoms with E-state index in [0.29, 0.717) is 5.75 Å². The fourth-order valence-corrected chi connectivity index (χ4v) is 7.66. The van der Waals surface area contributed by atoms with Gasteiger partial charge in [-0.1, -0.05) is 108 Å². The summed E-state index contributed by atoms with van der Waals surface area (Å²) in [5, 5.41) is 3.24. The van der Waals surface area contributed by atoms with Gasteiger partial charge in [0.1, 0.15) is 18.3 Å². The molecule has 0 aliphatic heterocycles. The molecule has 0 saturated heterocycles. The number of carbonyl (C=O) groups excluding carboxylic acids is 2. The second-order valence-electron chi connectivity index (χ2n) is 11.7. The quantitative estimate of drug-likeness (QED) is 0.165. The number of nitrogens with zero attached hydrogens (tertiary/aromatic N) is 2. The smallest absolute Gasteiger partial charge is 0.264 e. The average Bonchev–Trinajstić information content (AvgIpc) is 3.10. The van der Waals surface area contributed by atoms with Crippen LogP contribution in [0.2, 0.25) is 0 Å². The first-order valence-corrected chi connectivity index (χ1v) is 18.1. The van der Waals surface area contributed by atoms with E-state index in [2.05, 4.69) is 21.2 Å². The number of benzene rings is 4. The number of carbonyl (C=O) groups is 2. The summed E-state index contributed by atoms with van der Waals surface area (Å²) in [5.74, 6) is -0.464. The van der Waals surface area contributed by atoms with Gasteiger partial charge in [0.25, 0.3) is 10.0 Å². The highest BCUT2D eigenvalue weighted by atomic mass is 79.9. The summed E-state index contributed by atoms with van der Waals surface area (Å²) in [6.07, 6.45) is 5.27. The number of halogens is 1. The Bertz CT molecular complexity index is 1730. The fourth-order valence-electron chi connectivity index (χ4n) is 5.95. The molecule has 1 atom stereocenters. The molecule has 0 aromatic heterocycles. The van der Waals surface area contributed by atoms with E-state index in [-0.39, 0.29) is 35.5 Å². The van der Waals surface area contributed by atoms with Crippen molar-refractivity contribution in [3.63, 3.8) is 0 Å². The van der Waals surface area contributed by atoms with Gasteiger partial charge in [-0.2, -0.15) is 0 Å². The molecule has 5 rings (SSSR count). The lowest BCUT2D eigenvalue weighted by Gasteiger charge is -2.35. The van der Waals surface area contributed by atoms with E-state index in [9.17, 15) is 18.0 Å². The van der Waals surface area contributed by atoms with Gasteiger partial charge in [-0.25, -0.2) is 8.42 Å². The Morgan fingerprint density at radius 1 is 0.830 bits per heavy atom. The van der Waals surface area contributed by atoms with Crippen molar-refractivity contribution in [3.05, 3.63) is 125 Å². The maximum atomic E-state index is 14.7. The zero-order valence-electron chi connectivity index (χ0n) is 26.4. The maximum absolute atomic E-state index is 14.7. The fraction of sp³-hybridized carbons (Fsp3) is 0.297. The largest absolute Gasteiger partial charge is 0.495 e. The van der Waals surface area contributed by atoms with E-state index in [1.807, 2.05) is 54.6 Å². The van der Waals surface area contributed by atoms with Crippen LogP contribution in [0.1, 0.15) is 43.2 Å². The van der Waals surface area contributed by atoms with E-state index in [1.54, 1.807) is 42.5 Å². The normalized spacial score (nSPS) is 14.2. The molecule has 246 valence electrons. The molecular weight excluding hydrogens is 678 g/mol. The third kappa shape index (κ3) is 8.81. The van der Waals surface area contributed by atoms with Crippen molar-refractivity contribution in [1.82, 2.24) is 10.2 Å². The highest BCUT2D eigenvalue weighted by molar-refractivity contribution is 9.10. The zero-order chi connectivity index (χ0) is 33.2. The number of para-hydroxylation sites is 2. The van der Waals surface area contributed by atoms with Crippen molar-refractivity contribution in [2.75, 3.05) is 18.0 Å². The Morgan fingerprint density at radius 2 is 1.45 bits per heavy atom. The molecule has 8 nitrogen and oxygen atoms in total. The van der Waals surface area contributed by atoms with Gasteiger partial charge < -0.3 is 15.0 Å². The molecule has 0 heterocycles. The Kier molecular flexibility index (Phi) is 11.7. The summed E-state index contributed by atoms with van der Waals surface area (Å²) in [6, 6.07) is 31.0. The minimum Gasteiger partial charge on any atom is -0.495 e. The van der Waals surface area contributed by atoms with Crippen LogP contribution in [-0.2, 0) is 32.6 Å². The first kappa shape index (κ1) is 34.2. The van der Waals surface area contributed by atoms with Crippen LogP contribution < -0.4 is 14.4 Å². The molecule has 0 radical (unpaired) electrons. The van der Waals surface area contributed by atoms with Gasteiger partial charge >= 0.3 is 0 Å². The van der Waals surface area contributed by atoms with Crippen molar-refractivity contribution in [2.45, 2.75) is 62.0 Å². The van der Waals surface area contributed by atoms with E-state index < -0.39 is 28.5 Å². The first-order valence-electron chi connectivity index (χ1n) is 15.9. The second-order valence-corrected chi connectivity index (χ2v) is 14.5. The second kappa shape index (κ2) is 16.1. The highest BCUT2D eigenvalue weighted by Gasteiger charge is 2.36. The van der Waals surface area contributed by atoms with Crippen LogP contribution in [0.25, 0.3) is 0 Å². The van der Waals surface area contributed by atoms with Crippen LogP contribution in [0, 0.1) is 0 Å². The van der Waals surface area contributed by atoms with Crippen LogP contribution in [-0.4, -0.2) is 50.9 Å². The van der Waals surface area contributed by atoms with Crippen molar-refractivity contribution in [3.8, 4) is 5.75 Å². The van der Waals surface area contributed by atoms with Gasteiger partial charge in [0.15, 0.2) is 0 Å². The van der Waals surface area contributed by atoms with Crippen LogP contribution in [0.4, 0.5) is 5.69 Å². The number of anilines is 1. The minimum absolute atomic E-state index is 0.0303. The summed E-state index contributed by atoms with van der Waals surface area (Å²) in [7, 11) is -2.76. The molecule has 4 aromatic rings. The molecule has 10 heteroatoms. The molecule has 1 saturated carbocycles. The van der Waals surface area contributed by atoms with Gasteiger partial charge in [0.05, 0.1) is 17.7 Å². The number of rotatable bonds is 13. The maximum Gasteiger partial charge on any atom is 0.264 e. The number of ether oxygens (including phenoxy) is 1.